The largest absolute Gasteiger partial charge is 0.369 e. The van der Waals surface area contributed by atoms with Crippen molar-refractivity contribution in [2.24, 2.45) is 0 Å². The van der Waals surface area contributed by atoms with Crippen molar-refractivity contribution in [1.29, 1.82) is 0 Å². The number of rotatable bonds is 3. The molecule has 2 rings (SSSR count). The fourth-order valence-corrected chi connectivity index (χ4v) is 1.53. The van der Waals surface area contributed by atoms with Gasteiger partial charge < -0.3 is 10.4 Å². The molecule has 1 atom stereocenters. The zero-order chi connectivity index (χ0) is 12.3. The van der Waals surface area contributed by atoms with Crippen molar-refractivity contribution in [3.63, 3.8) is 0 Å². The molecule has 1 aromatic heterocycles. The predicted octanol–water partition coefficient (Wildman–Crippen LogP) is 2.80. The molecule has 0 saturated carbocycles. The number of aliphatic hydroxyl groups excluding tert-OH is 1. The number of aromatic nitrogens is 1. The van der Waals surface area contributed by atoms with Crippen LogP contribution in [0.25, 0.3) is 0 Å². The van der Waals surface area contributed by atoms with E-state index in [0.717, 1.165) is 11.1 Å². The van der Waals surface area contributed by atoms with Crippen LogP contribution in [0.5, 0.6) is 0 Å². The molecule has 1 unspecified atom stereocenters. The van der Waals surface area contributed by atoms with E-state index in [0.29, 0.717) is 5.82 Å². The van der Waals surface area contributed by atoms with Gasteiger partial charge in [0.2, 0.25) is 0 Å². The fraction of sp³-hybridized carbons (Fsp3) is 0.214. The molecule has 17 heavy (non-hydrogen) atoms. The van der Waals surface area contributed by atoms with E-state index < -0.39 is 6.23 Å². The third kappa shape index (κ3) is 3.04. The summed E-state index contributed by atoms with van der Waals surface area (Å²) >= 11 is 0. The van der Waals surface area contributed by atoms with Crippen LogP contribution in [0.3, 0.4) is 0 Å². The number of nitrogens with zero attached hydrogens (tertiary/aromatic N) is 1. The number of hydrogen-bond acceptors (Lipinski definition) is 3. The van der Waals surface area contributed by atoms with Crippen LogP contribution in [-0.4, -0.2) is 10.1 Å². The average Bonchev–Trinajstić information content (AvgIpc) is 2.33. The number of aryl methyl sites for hydroxylation is 2. The van der Waals surface area contributed by atoms with Crippen molar-refractivity contribution in [2.75, 3.05) is 5.32 Å². The summed E-state index contributed by atoms with van der Waals surface area (Å²) in [6, 6.07) is 11.6. The van der Waals surface area contributed by atoms with Crippen LogP contribution in [0.15, 0.2) is 42.6 Å². The number of aliphatic hydroxyl groups is 1. The van der Waals surface area contributed by atoms with Gasteiger partial charge in [-0.05, 0) is 25.5 Å². The van der Waals surface area contributed by atoms with Gasteiger partial charge in [-0.25, -0.2) is 4.98 Å². The molecule has 0 aliphatic heterocycles. The molecule has 2 N–H and O–H groups in total. The second-order valence-corrected chi connectivity index (χ2v) is 4.18. The molecule has 0 bridgehead atoms. The van der Waals surface area contributed by atoms with Crippen LogP contribution < -0.4 is 5.32 Å². The lowest BCUT2D eigenvalue weighted by atomic mass is 10.1. The Hall–Kier alpha value is -1.87. The summed E-state index contributed by atoms with van der Waals surface area (Å²) in [4.78, 5) is 4.19. The van der Waals surface area contributed by atoms with Crippen molar-refractivity contribution in [3.05, 3.63) is 59.3 Å². The molecule has 0 saturated heterocycles. The molecule has 0 aliphatic carbocycles. The first-order valence-electron chi connectivity index (χ1n) is 5.59. The molecule has 0 amide bonds. The zero-order valence-electron chi connectivity index (χ0n) is 10.0. The summed E-state index contributed by atoms with van der Waals surface area (Å²) in [7, 11) is 0. The van der Waals surface area contributed by atoms with Gasteiger partial charge in [0.15, 0.2) is 6.23 Å². The molecule has 1 aromatic carbocycles. The van der Waals surface area contributed by atoms with E-state index in [9.17, 15) is 5.11 Å². The Morgan fingerprint density at radius 2 is 1.65 bits per heavy atom. The highest BCUT2D eigenvalue weighted by Gasteiger charge is 2.06. The highest BCUT2D eigenvalue weighted by molar-refractivity contribution is 5.38. The fourth-order valence-electron chi connectivity index (χ4n) is 1.53. The molecule has 1 heterocycles. The SMILES string of the molecule is Cc1ccc(C(O)Nc2ccc(C)cn2)cc1. The molecule has 0 radical (unpaired) electrons. The lowest BCUT2D eigenvalue weighted by Crippen LogP contribution is -2.10. The minimum absolute atomic E-state index is 0.670. The summed E-state index contributed by atoms with van der Waals surface area (Å²) in [5.74, 6) is 0.670. The molecular weight excluding hydrogens is 212 g/mol. The van der Waals surface area contributed by atoms with Gasteiger partial charge in [0.05, 0.1) is 0 Å². The lowest BCUT2D eigenvalue weighted by molar-refractivity contribution is 0.207. The van der Waals surface area contributed by atoms with Crippen LogP contribution in [0.2, 0.25) is 0 Å². The monoisotopic (exact) mass is 228 g/mol. The summed E-state index contributed by atoms with van der Waals surface area (Å²) in [6.45, 7) is 4.00. The van der Waals surface area contributed by atoms with Gasteiger partial charge in [0, 0.05) is 11.8 Å². The summed E-state index contributed by atoms with van der Waals surface area (Å²) < 4.78 is 0. The minimum Gasteiger partial charge on any atom is -0.369 e. The van der Waals surface area contributed by atoms with Crippen molar-refractivity contribution in [3.8, 4) is 0 Å². The molecule has 0 spiro atoms. The standard InChI is InChI=1S/C14H16N2O/c1-10-3-6-12(7-4-10)14(17)16-13-8-5-11(2)9-15-13/h3-9,14,17H,1-2H3,(H,15,16). The Bertz CT molecular complexity index is 477. The van der Waals surface area contributed by atoms with E-state index in [1.54, 1.807) is 6.20 Å². The summed E-state index contributed by atoms with van der Waals surface area (Å²) in [5.41, 5.74) is 3.10. The van der Waals surface area contributed by atoms with Gasteiger partial charge in [-0.3, -0.25) is 0 Å². The Morgan fingerprint density at radius 1 is 1.00 bits per heavy atom. The highest BCUT2D eigenvalue weighted by Crippen LogP contribution is 2.16. The van der Waals surface area contributed by atoms with Crippen LogP contribution in [0.1, 0.15) is 22.9 Å². The van der Waals surface area contributed by atoms with Crippen LogP contribution in [-0.2, 0) is 0 Å². The molecular formula is C14H16N2O. The number of nitrogens with one attached hydrogen (secondary N) is 1. The number of anilines is 1. The maximum absolute atomic E-state index is 9.98. The third-order valence-electron chi connectivity index (χ3n) is 2.59. The molecule has 0 fully saturated rings. The third-order valence-corrected chi connectivity index (χ3v) is 2.59. The summed E-state index contributed by atoms with van der Waals surface area (Å²) in [5, 5.41) is 12.9. The Balaban J connectivity index is 2.08. The first-order valence-corrected chi connectivity index (χ1v) is 5.59. The normalized spacial score (nSPS) is 12.2. The van der Waals surface area contributed by atoms with Crippen molar-refractivity contribution < 1.29 is 5.11 Å². The zero-order valence-corrected chi connectivity index (χ0v) is 10.0. The van der Waals surface area contributed by atoms with Gasteiger partial charge in [-0.1, -0.05) is 35.9 Å². The molecule has 88 valence electrons. The maximum atomic E-state index is 9.98. The molecule has 3 heteroatoms. The number of pyridine rings is 1. The van der Waals surface area contributed by atoms with Gasteiger partial charge in [0.25, 0.3) is 0 Å². The maximum Gasteiger partial charge on any atom is 0.151 e. The van der Waals surface area contributed by atoms with Gasteiger partial charge in [-0.15, -0.1) is 0 Å². The van der Waals surface area contributed by atoms with Gasteiger partial charge in [0.1, 0.15) is 5.82 Å². The van der Waals surface area contributed by atoms with E-state index in [-0.39, 0.29) is 0 Å². The number of hydrogen-bond donors (Lipinski definition) is 2. The van der Waals surface area contributed by atoms with Crippen molar-refractivity contribution in [1.82, 2.24) is 4.98 Å². The minimum atomic E-state index is -0.731. The predicted molar refractivity (Wildman–Crippen MR) is 68.7 cm³/mol. The first-order chi connectivity index (χ1) is 8.15. The molecule has 2 aromatic rings. The highest BCUT2D eigenvalue weighted by atomic mass is 16.3. The second kappa shape index (κ2) is 4.97. The van der Waals surface area contributed by atoms with Crippen LogP contribution in [0.4, 0.5) is 5.82 Å². The lowest BCUT2D eigenvalue weighted by Gasteiger charge is -2.14. The van der Waals surface area contributed by atoms with E-state index >= 15 is 0 Å². The second-order valence-electron chi connectivity index (χ2n) is 4.18. The van der Waals surface area contributed by atoms with Crippen LogP contribution >= 0.6 is 0 Å². The van der Waals surface area contributed by atoms with E-state index in [1.165, 1.54) is 5.56 Å². The van der Waals surface area contributed by atoms with Crippen molar-refractivity contribution >= 4 is 5.82 Å². The first kappa shape index (κ1) is 11.6. The Kier molecular flexibility index (Phi) is 3.40. The topological polar surface area (TPSA) is 45.1 Å². The quantitative estimate of drug-likeness (QED) is 0.794. The van der Waals surface area contributed by atoms with Gasteiger partial charge in [-0.2, -0.15) is 0 Å². The van der Waals surface area contributed by atoms with Crippen molar-refractivity contribution in [2.45, 2.75) is 20.1 Å². The van der Waals surface area contributed by atoms with Crippen LogP contribution in [0, 0.1) is 13.8 Å². The van der Waals surface area contributed by atoms with E-state index in [2.05, 4.69) is 10.3 Å². The molecule has 0 aliphatic rings. The molecule has 3 nitrogen and oxygen atoms in total. The van der Waals surface area contributed by atoms with E-state index in [1.807, 2.05) is 50.2 Å². The smallest absolute Gasteiger partial charge is 0.151 e. The van der Waals surface area contributed by atoms with Gasteiger partial charge >= 0.3 is 0 Å². The summed E-state index contributed by atoms with van der Waals surface area (Å²) in [6.07, 6.45) is 1.04. The number of benzene rings is 1. The van der Waals surface area contributed by atoms with E-state index in [4.69, 9.17) is 0 Å². The Morgan fingerprint density at radius 3 is 2.24 bits per heavy atom. The average molecular weight is 228 g/mol. The Labute approximate surface area is 101 Å².